The van der Waals surface area contributed by atoms with Crippen LogP contribution in [0, 0.1) is 0 Å². The van der Waals surface area contributed by atoms with Crippen LogP contribution in [-0.2, 0) is 4.79 Å². The number of amides is 3. The van der Waals surface area contributed by atoms with Crippen LogP contribution >= 0.6 is 23.2 Å². The topological polar surface area (TPSA) is 56.3 Å². The predicted octanol–water partition coefficient (Wildman–Crippen LogP) is 3.98. The molecule has 0 aliphatic carbocycles. The van der Waals surface area contributed by atoms with Gasteiger partial charge >= 0.3 is 6.03 Å². The second-order valence-electron chi connectivity index (χ2n) is 7.75. The van der Waals surface area contributed by atoms with E-state index in [1.54, 1.807) is 15.9 Å². The van der Waals surface area contributed by atoms with Gasteiger partial charge in [-0.25, -0.2) is 4.79 Å². The third-order valence-corrected chi connectivity index (χ3v) is 6.52. The van der Waals surface area contributed by atoms with Crippen molar-refractivity contribution in [3.05, 3.63) is 52.5 Å². The van der Waals surface area contributed by atoms with Crippen molar-refractivity contribution >= 4 is 46.5 Å². The maximum absolute atomic E-state index is 12.8. The number of carbonyl (C=O) groups is 2. The number of nitrogens with zero attached hydrogens (tertiary/aromatic N) is 4. The molecule has 2 heterocycles. The Morgan fingerprint density at radius 1 is 0.906 bits per heavy atom. The third-order valence-electron chi connectivity index (χ3n) is 5.78. The highest BCUT2D eigenvalue weighted by atomic mass is 35.5. The number of anilines is 2. The number of ether oxygens (including phenoxy) is 1. The lowest BCUT2D eigenvalue weighted by Crippen LogP contribution is -2.51. The van der Waals surface area contributed by atoms with E-state index in [4.69, 9.17) is 27.9 Å². The molecule has 2 aliphatic rings. The Morgan fingerprint density at radius 2 is 1.59 bits per heavy atom. The van der Waals surface area contributed by atoms with Crippen molar-refractivity contribution in [1.82, 2.24) is 9.80 Å². The van der Waals surface area contributed by atoms with E-state index >= 15 is 0 Å². The quantitative estimate of drug-likeness (QED) is 0.632. The van der Waals surface area contributed by atoms with Gasteiger partial charge < -0.3 is 19.4 Å². The smallest absolute Gasteiger partial charge is 0.325 e. The number of urea groups is 1. The van der Waals surface area contributed by atoms with E-state index in [0.29, 0.717) is 55.9 Å². The van der Waals surface area contributed by atoms with Crippen molar-refractivity contribution in [3.8, 4) is 5.75 Å². The van der Waals surface area contributed by atoms with Gasteiger partial charge in [-0.2, -0.15) is 0 Å². The largest absolute Gasteiger partial charge is 0.494 e. The first-order valence-corrected chi connectivity index (χ1v) is 11.5. The fraction of sp³-hybridized carbons (Fsp3) is 0.391. The molecule has 9 heteroatoms. The van der Waals surface area contributed by atoms with Crippen LogP contribution in [0.5, 0.6) is 5.75 Å². The summed E-state index contributed by atoms with van der Waals surface area (Å²) in [5.41, 5.74) is 1.80. The van der Waals surface area contributed by atoms with Gasteiger partial charge in [-0.05, 0) is 49.4 Å². The van der Waals surface area contributed by atoms with E-state index in [1.807, 2.05) is 48.2 Å². The van der Waals surface area contributed by atoms with Gasteiger partial charge in [-0.3, -0.25) is 9.69 Å². The molecule has 2 aromatic carbocycles. The van der Waals surface area contributed by atoms with Gasteiger partial charge in [-0.1, -0.05) is 23.2 Å². The first-order valence-electron chi connectivity index (χ1n) is 10.7. The van der Waals surface area contributed by atoms with Crippen molar-refractivity contribution in [2.45, 2.75) is 6.92 Å². The summed E-state index contributed by atoms with van der Waals surface area (Å²) >= 11 is 12.1. The average Bonchev–Trinajstić information content (AvgIpc) is 3.16. The van der Waals surface area contributed by atoms with Crippen LogP contribution in [0.15, 0.2) is 42.5 Å². The van der Waals surface area contributed by atoms with Gasteiger partial charge in [0.1, 0.15) is 12.3 Å². The Balaban J connectivity index is 1.30. The van der Waals surface area contributed by atoms with Crippen molar-refractivity contribution in [2.24, 2.45) is 0 Å². The van der Waals surface area contributed by atoms with Gasteiger partial charge in [0.15, 0.2) is 0 Å². The zero-order valence-electron chi connectivity index (χ0n) is 18.0. The lowest BCUT2D eigenvalue weighted by molar-refractivity contribution is -0.131. The van der Waals surface area contributed by atoms with Crippen molar-refractivity contribution in [1.29, 1.82) is 0 Å². The van der Waals surface area contributed by atoms with Crippen LogP contribution in [-0.4, -0.2) is 74.2 Å². The number of hydrogen-bond donors (Lipinski definition) is 0. The minimum Gasteiger partial charge on any atom is -0.494 e. The Labute approximate surface area is 198 Å². The summed E-state index contributed by atoms with van der Waals surface area (Å²) < 4.78 is 5.46. The minimum atomic E-state index is -0.142. The summed E-state index contributed by atoms with van der Waals surface area (Å²) in [5.74, 6) is 0.746. The normalized spacial score (nSPS) is 16.7. The molecule has 0 N–H and O–H groups in total. The highest BCUT2D eigenvalue weighted by Crippen LogP contribution is 2.28. The summed E-state index contributed by atoms with van der Waals surface area (Å²) in [6.45, 7) is 6.32. The highest BCUT2D eigenvalue weighted by Gasteiger charge is 2.32. The second kappa shape index (κ2) is 9.88. The monoisotopic (exact) mass is 476 g/mol. The molecular weight excluding hydrogens is 451 g/mol. The molecule has 0 aromatic heterocycles. The molecule has 0 radical (unpaired) electrons. The molecule has 0 spiro atoms. The fourth-order valence-electron chi connectivity index (χ4n) is 4.02. The Kier molecular flexibility index (Phi) is 6.96. The van der Waals surface area contributed by atoms with Crippen LogP contribution in [0.25, 0.3) is 0 Å². The lowest BCUT2D eigenvalue weighted by Gasteiger charge is -2.36. The summed E-state index contributed by atoms with van der Waals surface area (Å²) in [4.78, 5) is 33.0. The van der Waals surface area contributed by atoms with Gasteiger partial charge in [0.05, 0.1) is 16.7 Å². The number of hydrogen-bond acceptors (Lipinski definition) is 4. The molecule has 32 heavy (non-hydrogen) atoms. The van der Waals surface area contributed by atoms with Crippen LogP contribution in [0.2, 0.25) is 10.0 Å². The predicted molar refractivity (Wildman–Crippen MR) is 127 cm³/mol. The van der Waals surface area contributed by atoms with Crippen molar-refractivity contribution < 1.29 is 14.3 Å². The molecule has 0 atom stereocenters. The molecule has 2 aliphatic heterocycles. The third kappa shape index (κ3) is 4.89. The maximum atomic E-state index is 12.8. The lowest BCUT2D eigenvalue weighted by atomic mass is 10.2. The zero-order valence-corrected chi connectivity index (χ0v) is 19.5. The second-order valence-corrected chi connectivity index (χ2v) is 8.56. The first-order chi connectivity index (χ1) is 15.5. The molecule has 2 aromatic rings. The van der Waals surface area contributed by atoms with Crippen molar-refractivity contribution in [3.63, 3.8) is 0 Å². The molecule has 3 amide bonds. The SMILES string of the molecule is CCOc1ccc(N2CCN(CC(=O)N3CCN(c4ccc(Cl)c(Cl)c4)CC3)C2=O)cc1. The van der Waals surface area contributed by atoms with E-state index in [1.165, 1.54) is 0 Å². The van der Waals surface area contributed by atoms with Crippen molar-refractivity contribution in [2.75, 3.05) is 62.2 Å². The van der Waals surface area contributed by atoms with Gasteiger partial charge in [0, 0.05) is 50.6 Å². The van der Waals surface area contributed by atoms with E-state index in [9.17, 15) is 9.59 Å². The van der Waals surface area contributed by atoms with Crippen LogP contribution < -0.4 is 14.5 Å². The van der Waals surface area contributed by atoms with Gasteiger partial charge in [0.2, 0.25) is 5.91 Å². The fourth-order valence-corrected chi connectivity index (χ4v) is 4.31. The van der Waals surface area contributed by atoms with E-state index in [2.05, 4.69) is 4.90 Å². The molecule has 0 saturated carbocycles. The molecule has 2 saturated heterocycles. The average molecular weight is 477 g/mol. The molecule has 2 fully saturated rings. The zero-order chi connectivity index (χ0) is 22.7. The summed E-state index contributed by atoms with van der Waals surface area (Å²) in [5, 5.41) is 1.05. The number of carbonyl (C=O) groups excluding carboxylic acids is 2. The van der Waals surface area contributed by atoms with E-state index < -0.39 is 0 Å². The molecule has 7 nitrogen and oxygen atoms in total. The van der Waals surface area contributed by atoms with Crippen LogP contribution in [0.4, 0.5) is 16.2 Å². The Morgan fingerprint density at radius 3 is 2.25 bits per heavy atom. The molecule has 0 bridgehead atoms. The summed E-state index contributed by atoms with van der Waals surface area (Å²) in [6, 6.07) is 12.9. The number of rotatable bonds is 6. The maximum Gasteiger partial charge on any atom is 0.325 e. The molecule has 170 valence electrons. The number of halogens is 2. The van der Waals surface area contributed by atoms with Gasteiger partial charge in [0.25, 0.3) is 0 Å². The first kappa shape index (κ1) is 22.6. The van der Waals surface area contributed by atoms with E-state index in [-0.39, 0.29) is 18.5 Å². The number of piperazine rings is 1. The standard InChI is InChI=1S/C23H26Cl2N4O3/c1-2-32-19-6-3-17(4-7-19)29-14-13-28(23(29)31)16-22(30)27-11-9-26(10-12-27)18-5-8-20(24)21(25)15-18/h3-8,15H,2,9-14,16H2,1H3. The molecular formula is C23H26Cl2N4O3. The van der Waals surface area contributed by atoms with Crippen LogP contribution in [0.3, 0.4) is 0 Å². The Bertz CT molecular complexity index is 978. The number of benzene rings is 2. The highest BCUT2D eigenvalue weighted by molar-refractivity contribution is 6.42. The van der Waals surface area contributed by atoms with Crippen LogP contribution in [0.1, 0.15) is 6.92 Å². The Hall–Kier alpha value is -2.64. The minimum absolute atomic E-state index is 0.0271. The summed E-state index contributed by atoms with van der Waals surface area (Å²) in [7, 11) is 0. The van der Waals surface area contributed by atoms with Gasteiger partial charge in [-0.15, -0.1) is 0 Å². The molecule has 4 rings (SSSR count). The molecule has 0 unspecified atom stereocenters. The summed E-state index contributed by atoms with van der Waals surface area (Å²) in [6.07, 6.45) is 0. The van der Waals surface area contributed by atoms with E-state index in [0.717, 1.165) is 17.1 Å².